The van der Waals surface area contributed by atoms with Gasteiger partial charge in [0, 0.05) is 17.1 Å². The molecule has 0 spiro atoms. The number of benzene rings is 1. The Hall–Kier alpha value is -1.24. The Morgan fingerprint density at radius 3 is 2.93 bits per heavy atom. The largest absolute Gasteiger partial charge is 0.361 e. The van der Waals surface area contributed by atoms with Crippen LogP contribution in [-0.4, -0.2) is 4.98 Å². The van der Waals surface area contributed by atoms with Crippen molar-refractivity contribution in [2.45, 2.75) is 32.1 Å². The van der Waals surface area contributed by atoms with E-state index in [1.165, 1.54) is 35.7 Å². The lowest BCUT2D eigenvalue weighted by atomic mass is 9.95. The van der Waals surface area contributed by atoms with Crippen molar-refractivity contribution in [2.24, 2.45) is 5.92 Å². The smallest absolute Gasteiger partial charge is 0.0456 e. The van der Waals surface area contributed by atoms with Crippen LogP contribution in [0.4, 0.5) is 0 Å². The second kappa shape index (κ2) is 3.41. The van der Waals surface area contributed by atoms with Gasteiger partial charge in [-0.3, -0.25) is 0 Å². The molecule has 1 heterocycles. The maximum atomic E-state index is 3.36. The van der Waals surface area contributed by atoms with Gasteiger partial charge >= 0.3 is 0 Å². The SMILES string of the molecule is CC(CC1CC1)c1c[nH]c2ccccc12. The van der Waals surface area contributed by atoms with Gasteiger partial charge in [0.05, 0.1) is 0 Å². The van der Waals surface area contributed by atoms with E-state index in [0.29, 0.717) is 5.92 Å². The predicted molar refractivity (Wildman–Crippen MR) is 64.1 cm³/mol. The minimum atomic E-state index is 0.702. The summed E-state index contributed by atoms with van der Waals surface area (Å²) in [7, 11) is 0. The fourth-order valence-corrected chi connectivity index (χ4v) is 2.48. The quantitative estimate of drug-likeness (QED) is 0.767. The molecule has 1 unspecified atom stereocenters. The van der Waals surface area contributed by atoms with Gasteiger partial charge < -0.3 is 4.98 Å². The molecule has 1 aromatic carbocycles. The molecular formula is C14H17N. The van der Waals surface area contributed by atoms with E-state index in [1.807, 2.05) is 0 Å². The van der Waals surface area contributed by atoms with Crippen LogP contribution < -0.4 is 0 Å². The minimum absolute atomic E-state index is 0.702. The molecule has 1 saturated carbocycles. The van der Waals surface area contributed by atoms with Crippen LogP contribution in [0, 0.1) is 5.92 Å². The van der Waals surface area contributed by atoms with E-state index in [2.05, 4.69) is 42.4 Å². The number of aromatic amines is 1. The van der Waals surface area contributed by atoms with Crippen LogP contribution >= 0.6 is 0 Å². The molecule has 1 atom stereocenters. The lowest BCUT2D eigenvalue weighted by Crippen LogP contribution is -1.93. The summed E-state index contributed by atoms with van der Waals surface area (Å²) >= 11 is 0. The molecule has 1 fully saturated rings. The first-order valence-corrected chi connectivity index (χ1v) is 5.90. The molecule has 0 radical (unpaired) electrons. The van der Waals surface area contributed by atoms with Crippen LogP contribution in [0.25, 0.3) is 10.9 Å². The Bertz CT molecular complexity index is 465. The molecular weight excluding hydrogens is 182 g/mol. The first-order chi connectivity index (χ1) is 7.34. The summed E-state index contributed by atoms with van der Waals surface area (Å²) in [5.41, 5.74) is 2.77. The van der Waals surface area contributed by atoms with Crippen molar-refractivity contribution >= 4 is 10.9 Å². The van der Waals surface area contributed by atoms with Crippen LogP contribution in [0.3, 0.4) is 0 Å². The third kappa shape index (κ3) is 1.67. The molecule has 2 aromatic rings. The van der Waals surface area contributed by atoms with Crippen molar-refractivity contribution in [3.05, 3.63) is 36.0 Å². The highest BCUT2D eigenvalue weighted by Crippen LogP contribution is 2.39. The Balaban J connectivity index is 1.95. The van der Waals surface area contributed by atoms with Gasteiger partial charge in [-0.05, 0) is 29.9 Å². The maximum absolute atomic E-state index is 3.36. The molecule has 0 saturated heterocycles. The van der Waals surface area contributed by atoms with Crippen LogP contribution in [0.5, 0.6) is 0 Å². The van der Waals surface area contributed by atoms with E-state index in [-0.39, 0.29) is 0 Å². The lowest BCUT2D eigenvalue weighted by Gasteiger charge is -2.09. The van der Waals surface area contributed by atoms with Crippen LogP contribution in [0.15, 0.2) is 30.5 Å². The first-order valence-electron chi connectivity index (χ1n) is 5.90. The Morgan fingerprint density at radius 2 is 2.13 bits per heavy atom. The Kier molecular flexibility index (Phi) is 2.05. The second-order valence-electron chi connectivity index (χ2n) is 4.87. The van der Waals surface area contributed by atoms with Gasteiger partial charge in [-0.15, -0.1) is 0 Å². The Labute approximate surface area is 90.5 Å². The zero-order valence-corrected chi connectivity index (χ0v) is 9.16. The molecule has 1 aliphatic carbocycles. The predicted octanol–water partition coefficient (Wildman–Crippen LogP) is 4.07. The fourth-order valence-electron chi connectivity index (χ4n) is 2.48. The van der Waals surface area contributed by atoms with E-state index in [1.54, 1.807) is 0 Å². The molecule has 78 valence electrons. The third-order valence-corrected chi connectivity index (χ3v) is 3.54. The summed E-state index contributed by atoms with van der Waals surface area (Å²) in [5.74, 6) is 1.71. The minimum Gasteiger partial charge on any atom is -0.361 e. The van der Waals surface area contributed by atoms with Gasteiger partial charge in [0.25, 0.3) is 0 Å². The van der Waals surface area contributed by atoms with Gasteiger partial charge in [0.1, 0.15) is 0 Å². The lowest BCUT2D eigenvalue weighted by molar-refractivity contribution is 0.622. The number of para-hydroxylation sites is 1. The average molecular weight is 199 g/mol. The van der Waals surface area contributed by atoms with E-state index >= 15 is 0 Å². The summed E-state index contributed by atoms with van der Waals surface area (Å²) in [4.78, 5) is 3.36. The van der Waals surface area contributed by atoms with Crippen molar-refractivity contribution in [3.8, 4) is 0 Å². The summed E-state index contributed by atoms with van der Waals surface area (Å²) in [6.07, 6.45) is 6.46. The summed E-state index contributed by atoms with van der Waals surface area (Å²) < 4.78 is 0. The highest BCUT2D eigenvalue weighted by Gasteiger charge is 2.25. The van der Waals surface area contributed by atoms with Crippen molar-refractivity contribution in [1.29, 1.82) is 0 Å². The fraction of sp³-hybridized carbons (Fsp3) is 0.429. The zero-order chi connectivity index (χ0) is 10.3. The number of H-pyrrole nitrogens is 1. The van der Waals surface area contributed by atoms with Crippen LogP contribution in [0.2, 0.25) is 0 Å². The number of nitrogens with one attached hydrogen (secondary N) is 1. The van der Waals surface area contributed by atoms with Gasteiger partial charge in [0.15, 0.2) is 0 Å². The molecule has 0 bridgehead atoms. The molecule has 1 heteroatoms. The van der Waals surface area contributed by atoms with Gasteiger partial charge in [-0.25, -0.2) is 0 Å². The Morgan fingerprint density at radius 1 is 1.33 bits per heavy atom. The zero-order valence-electron chi connectivity index (χ0n) is 9.16. The van der Waals surface area contributed by atoms with E-state index < -0.39 is 0 Å². The van der Waals surface area contributed by atoms with Crippen LogP contribution in [-0.2, 0) is 0 Å². The van der Waals surface area contributed by atoms with Crippen molar-refractivity contribution in [1.82, 2.24) is 4.98 Å². The first kappa shape index (κ1) is 9.02. The molecule has 1 nitrogen and oxygen atoms in total. The topological polar surface area (TPSA) is 15.8 Å². The number of hydrogen-bond donors (Lipinski definition) is 1. The molecule has 1 aliphatic rings. The third-order valence-electron chi connectivity index (χ3n) is 3.54. The van der Waals surface area contributed by atoms with E-state index in [9.17, 15) is 0 Å². The van der Waals surface area contributed by atoms with Crippen LogP contribution in [0.1, 0.15) is 37.7 Å². The molecule has 0 amide bonds. The van der Waals surface area contributed by atoms with Crippen molar-refractivity contribution in [3.63, 3.8) is 0 Å². The normalized spacial score (nSPS) is 18.2. The van der Waals surface area contributed by atoms with E-state index in [4.69, 9.17) is 0 Å². The standard InChI is InChI=1S/C14H17N/c1-10(8-11-6-7-11)13-9-15-14-5-3-2-4-12(13)14/h2-5,9-11,15H,6-8H2,1H3. The second-order valence-corrected chi connectivity index (χ2v) is 4.87. The van der Waals surface area contributed by atoms with Crippen molar-refractivity contribution in [2.75, 3.05) is 0 Å². The number of rotatable bonds is 3. The maximum Gasteiger partial charge on any atom is 0.0456 e. The number of aromatic nitrogens is 1. The van der Waals surface area contributed by atoms with Gasteiger partial charge in [0.2, 0.25) is 0 Å². The van der Waals surface area contributed by atoms with Gasteiger partial charge in [-0.1, -0.05) is 38.0 Å². The van der Waals surface area contributed by atoms with E-state index in [0.717, 1.165) is 5.92 Å². The monoisotopic (exact) mass is 199 g/mol. The van der Waals surface area contributed by atoms with Crippen molar-refractivity contribution < 1.29 is 0 Å². The molecule has 0 aliphatic heterocycles. The number of hydrogen-bond acceptors (Lipinski definition) is 0. The molecule has 1 aromatic heterocycles. The number of fused-ring (bicyclic) bond motifs is 1. The highest BCUT2D eigenvalue weighted by atomic mass is 14.7. The summed E-state index contributed by atoms with van der Waals surface area (Å²) in [5, 5.41) is 1.41. The molecule has 15 heavy (non-hydrogen) atoms. The average Bonchev–Trinajstić information content (AvgIpc) is 2.96. The molecule has 3 rings (SSSR count). The summed E-state index contributed by atoms with van der Waals surface area (Å²) in [6, 6.07) is 8.60. The summed E-state index contributed by atoms with van der Waals surface area (Å²) in [6.45, 7) is 2.36. The van der Waals surface area contributed by atoms with Gasteiger partial charge in [-0.2, -0.15) is 0 Å². The highest BCUT2D eigenvalue weighted by molar-refractivity contribution is 5.83. The molecule has 1 N–H and O–H groups in total.